The molecule has 1 N–H and O–H groups in total. The Kier molecular flexibility index (Phi) is 2.31. The van der Waals surface area contributed by atoms with Crippen molar-refractivity contribution in [3.63, 3.8) is 0 Å². The molecule has 0 radical (unpaired) electrons. The van der Waals surface area contributed by atoms with E-state index in [4.69, 9.17) is 0 Å². The molecule has 4 atom stereocenters. The average Bonchev–Trinajstić information content (AvgIpc) is 2.90. The lowest BCUT2D eigenvalue weighted by atomic mass is 9.69. The Morgan fingerprint density at radius 2 is 1.81 bits per heavy atom. The summed E-state index contributed by atoms with van der Waals surface area (Å²) in [6, 6.07) is 0. The summed E-state index contributed by atoms with van der Waals surface area (Å²) in [5.74, 6) is 2.90. The van der Waals surface area contributed by atoms with Crippen LogP contribution in [0, 0.1) is 23.7 Å². The lowest BCUT2D eigenvalue weighted by Crippen LogP contribution is -2.48. The van der Waals surface area contributed by atoms with Gasteiger partial charge < -0.3 is 5.32 Å². The number of rotatable bonds is 1. The second-order valence-electron chi connectivity index (χ2n) is 6.40. The summed E-state index contributed by atoms with van der Waals surface area (Å²) >= 11 is 0. The molecule has 4 unspecified atom stereocenters. The van der Waals surface area contributed by atoms with Gasteiger partial charge in [-0.3, -0.25) is 4.79 Å². The van der Waals surface area contributed by atoms with Crippen molar-refractivity contribution in [2.75, 3.05) is 0 Å². The van der Waals surface area contributed by atoms with E-state index in [0.29, 0.717) is 11.8 Å². The van der Waals surface area contributed by atoms with Crippen molar-refractivity contribution >= 4 is 5.91 Å². The average molecular weight is 221 g/mol. The Bertz CT molecular complexity index is 306. The van der Waals surface area contributed by atoms with Crippen molar-refractivity contribution in [2.45, 2.75) is 57.9 Å². The summed E-state index contributed by atoms with van der Waals surface area (Å²) in [7, 11) is 0. The molecule has 0 aromatic carbocycles. The third-order valence-electron chi connectivity index (χ3n) is 5.34. The van der Waals surface area contributed by atoms with Crippen LogP contribution >= 0.6 is 0 Å². The highest BCUT2D eigenvalue weighted by molar-refractivity contribution is 5.82. The van der Waals surface area contributed by atoms with E-state index in [1.165, 1.54) is 38.5 Å². The fourth-order valence-electron chi connectivity index (χ4n) is 4.36. The van der Waals surface area contributed by atoms with Gasteiger partial charge in [0, 0.05) is 11.5 Å². The molecule has 2 saturated carbocycles. The quantitative estimate of drug-likeness (QED) is 0.724. The minimum atomic E-state index is 0.199. The van der Waals surface area contributed by atoms with E-state index in [-0.39, 0.29) is 11.5 Å². The monoisotopic (exact) mass is 221 g/mol. The molecule has 2 aliphatic carbocycles. The molecule has 2 nitrogen and oxygen atoms in total. The summed E-state index contributed by atoms with van der Waals surface area (Å²) in [5.41, 5.74) is 0.199. The first-order valence-electron chi connectivity index (χ1n) is 6.96. The number of carbonyl (C=O) groups is 1. The SMILES string of the molecule is CC1CC1C1C(C)C(=O)NC12CCCCC2. The highest BCUT2D eigenvalue weighted by Crippen LogP contribution is 2.56. The summed E-state index contributed by atoms with van der Waals surface area (Å²) in [6.45, 7) is 4.49. The van der Waals surface area contributed by atoms with Crippen LogP contribution in [0.5, 0.6) is 0 Å². The van der Waals surface area contributed by atoms with Gasteiger partial charge in [-0.05, 0) is 37.0 Å². The van der Waals surface area contributed by atoms with E-state index >= 15 is 0 Å². The van der Waals surface area contributed by atoms with Crippen LogP contribution in [0.1, 0.15) is 52.4 Å². The molecule has 3 fully saturated rings. The standard InChI is InChI=1S/C14H23NO/c1-9-8-11(9)12-10(2)13(16)15-14(12)6-4-3-5-7-14/h9-12H,3-8H2,1-2H3,(H,15,16). The predicted octanol–water partition coefficient (Wildman–Crippen LogP) is 2.73. The Morgan fingerprint density at radius 1 is 1.19 bits per heavy atom. The van der Waals surface area contributed by atoms with E-state index < -0.39 is 0 Å². The van der Waals surface area contributed by atoms with E-state index in [1.54, 1.807) is 0 Å². The molecule has 16 heavy (non-hydrogen) atoms. The number of amides is 1. The third-order valence-corrected chi connectivity index (χ3v) is 5.34. The van der Waals surface area contributed by atoms with Gasteiger partial charge in [-0.25, -0.2) is 0 Å². The van der Waals surface area contributed by atoms with Gasteiger partial charge in [0.15, 0.2) is 0 Å². The van der Waals surface area contributed by atoms with Gasteiger partial charge in [0.25, 0.3) is 0 Å². The molecule has 0 bridgehead atoms. The lowest BCUT2D eigenvalue weighted by molar-refractivity contribution is -0.122. The Hall–Kier alpha value is -0.530. The normalized spacial score (nSPS) is 45.8. The van der Waals surface area contributed by atoms with Crippen molar-refractivity contribution in [1.29, 1.82) is 0 Å². The Morgan fingerprint density at radius 3 is 2.38 bits per heavy atom. The van der Waals surface area contributed by atoms with Crippen molar-refractivity contribution in [3.05, 3.63) is 0 Å². The second-order valence-corrected chi connectivity index (χ2v) is 6.40. The van der Waals surface area contributed by atoms with Gasteiger partial charge in [-0.1, -0.05) is 33.1 Å². The van der Waals surface area contributed by atoms with E-state index in [1.807, 2.05) is 0 Å². The topological polar surface area (TPSA) is 29.1 Å². The molecule has 3 rings (SSSR count). The number of nitrogens with one attached hydrogen (secondary N) is 1. The molecule has 1 amide bonds. The number of carbonyl (C=O) groups excluding carboxylic acids is 1. The molecule has 90 valence electrons. The van der Waals surface area contributed by atoms with Crippen molar-refractivity contribution < 1.29 is 4.79 Å². The van der Waals surface area contributed by atoms with Crippen LogP contribution in [-0.2, 0) is 4.79 Å². The summed E-state index contributed by atoms with van der Waals surface area (Å²) < 4.78 is 0. The zero-order chi connectivity index (χ0) is 11.3. The molecule has 3 aliphatic rings. The minimum absolute atomic E-state index is 0.199. The highest BCUT2D eigenvalue weighted by Gasteiger charge is 2.58. The van der Waals surface area contributed by atoms with Gasteiger partial charge in [0.1, 0.15) is 0 Å². The first kappa shape index (κ1) is 10.6. The van der Waals surface area contributed by atoms with Crippen LogP contribution in [0.25, 0.3) is 0 Å². The maximum Gasteiger partial charge on any atom is 0.223 e. The van der Waals surface area contributed by atoms with Gasteiger partial charge >= 0.3 is 0 Å². The second kappa shape index (κ2) is 3.48. The van der Waals surface area contributed by atoms with Crippen LogP contribution in [-0.4, -0.2) is 11.4 Å². The van der Waals surface area contributed by atoms with Gasteiger partial charge in [-0.2, -0.15) is 0 Å². The number of hydrogen-bond acceptors (Lipinski definition) is 1. The first-order chi connectivity index (χ1) is 7.64. The van der Waals surface area contributed by atoms with Crippen molar-refractivity contribution in [3.8, 4) is 0 Å². The smallest absolute Gasteiger partial charge is 0.223 e. The van der Waals surface area contributed by atoms with Crippen LogP contribution in [0.3, 0.4) is 0 Å². The molecule has 0 aromatic heterocycles. The molecule has 1 saturated heterocycles. The lowest BCUT2D eigenvalue weighted by Gasteiger charge is -2.39. The molecule has 1 aliphatic heterocycles. The molecule has 1 spiro atoms. The maximum atomic E-state index is 12.0. The minimum Gasteiger partial charge on any atom is -0.350 e. The zero-order valence-corrected chi connectivity index (χ0v) is 10.5. The van der Waals surface area contributed by atoms with Crippen LogP contribution in [0.15, 0.2) is 0 Å². The van der Waals surface area contributed by atoms with Gasteiger partial charge in [0.2, 0.25) is 5.91 Å². The molecule has 0 aromatic rings. The van der Waals surface area contributed by atoms with Gasteiger partial charge in [0.05, 0.1) is 0 Å². The summed E-state index contributed by atoms with van der Waals surface area (Å²) in [6.07, 6.45) is 7.80. The molecule has 2 heteroatoms. The first-order valence-corrected chi connectivity index (χ1v) is 6.96. The Labute approximate surface area is 98.2 Å². The predicted molar refractivity (Wildman–Crippen MR) is 63.9 cm³/mol. The van der Waals surface area contributed by atoms with Crippen molar-refractivity contribution in [2.24, 2.45) is 23.7 Å². The largest absolute Gasteiger partial charge is 0.350 e. The van der Waals surface area contributed by atoms with Crippen molar-refractivity contribution in [1.82, 2.24) is 5.32 Å². The maximum absolute atomic E-state index is 12.0. The Balaban J connectivity index is 1.87. The fraction of sp³-hybridized carbons (Fsp3) is 0.929. The summed E-state index contributed by atoms with van der Waals surface area (Å²) in [5, 5.41) is 3.37. The van der Waals surface area contributed by atoms with Crippen LogP contribution in [0.2, 0.25) is 0 Å². The van der Waals surface area contributed by atoms with Crippen LogP contribution in [0.4, 0.5) is 0 Å². The molecular formula is C14H23NO. The number of hydrogen-bond donors (Lipinski definition) is 1. The van der Waals surface area contributed by atoms with E-state index in [2.05, 4.69) is 19.2 Å². The molecule has 1 heterocycles. The highest BCUT2D eigenvalue weighted by atomic mass is 16.2. The fourth-order valence-corrected chi connectivity index (χ4v) is 4.36. The molecular weight excluding hydrogens is 198 g/mol. The van der Waals surface area contributed by atoms with Crippen LogP contribution < -0.4 is 5.32 Å². The summed E-state index contributed by atoms with van der Waals surface area (Å²) in [4.78, 5) is 12.0. The zero-order valence-electron chi connectivity index (χ0n) is 10.5. The van der Waals surface area contributed by atoms with Gasteiger partial charge in [-0.15, -0.1) is 0 Å². The third kappa shape index (κ3) is 1.42. The van der Waals surface area contributed by atoms with E-state index in [0.717, 1.165) is 11.8 Å². The van der Waals surface area contributed by atoms with E-state index in [9.17, 15) is 4.79 Å².